The van der Waals surface area contributed by atoms with E-state index < -0.39 is 0 Å². The molecule has 0 radical (unpaired) electrons. The van der Waals surface area contributed by atoms with Crippen molar-refractivity contribution >= 4 is 76.9 Å². The smallest absolute Gasteiger partial charge is 0.195 e. The second-order valence-corrected chi connectivity index (χ2v) is 19.8. The number of hydrogen-bond acceptors (Lipinski definition) is 6. The highest BCUT2D eigenvalue weighted by molar-refractivity contribution is 6.48. The second kappa shape index (κ2) is 11.8. The highest BCUT2D eigenvalue weighted by Gasteiger charge is 2.37. The Morgan fingerprint density at radius 1 is 0.483 bits per heavy atom. The molecule has 6 heteroatoms. The molecule has 11 rings (SSSR count). The number of aromatic nitrogens is 2. The molecule has 0 spiro atoms. The van der Waals surface area contributed by atoms with Crippen LogP contribution in [-0.4, -0.2) is 21.5 Å². The van der Waals surface area contributed by atoms with Crippen molar-refractivity contribution in [3.8, 4) is 22.3 Å². The SMILES string of the molecule is CC(Cc1nc2c3c4c(ccc5c6ccc7c8c(c9nc(CC(C)CC(C)(C)C)oc9c(c86)c(c2o1)c45)-c1ccccc1C7=O)C(=O)c1ccccc1-3)CC(C)(C)C. The van der Waals surface area contributed by atoms with Crippen LogP contribution in [-0.2, 0) is 12.8 Å². The van der Waals surface area contributed by atoms with E-state index in [1.807, 2.05) is 60.7 Å². The molecule has 0 bridgehead atoms. The first kappa shape index (κ1) is 35.3. The first-order valence-corrected chi connectivity index (χ1v) is 20.8. The van der Waals surface area contributed by atoms with Crippen molar-refractivity contribution in [2.45, 2.75) is 81.1 Å². The predicted octanol–water partition coefficient (Wildman–Crippen LogP) is 13.7. The number of hydrogen-bond donors (Lipinski definition) is 0. The van der Waals surface area contributed by atoms with Gasteiger partial charge < -0.3 is 8.83 Å². The molecule has 7 aromatic carbocycles. The number of nitrogens with zero attached hydrogens (tertiary/aromatic N) is 2. The Hall–Kier alpha value is -5.88. The minimum atomic E-state index is 0.000601. The molecule has 0 aliphatic heterocycles. The molecule has 2 heterocycles. The van der Waals surface area contributed by atoms with E-state index in [-0.39, 0.29) is 22.4 Å². The van der Waals surface area contributed by atoms with Gasteiger partial charge >= 0.3 is 0 Å². The van der Waals surface area contributed by atoms with Crippen LogP contribution in [0.4, 0.5) is 0 Å². The maximum Gasteiger partial charge on any atom is 0.195 e. The molecule has 0 saturated heterocycles. The topological polar surface area (TPSA) is 86.2 Å². The van der Waals surface area contributed by atoms with E-state index in [2.05, 4.69) is 67.5 Å². The third-order valence-corrected chi connectivity index (χ3v) is 12.6. The lowest BCUT2D eigenvalue weighted by molar-refractivity contribution is 0.103. The van der Waals surface area contributed by atoms with E-state index in [4.69, 9.17) is 18.8 Å². The summed E-state index contributed by atoms with van der Waals surface area (Å²) in [7, 11) is 0. The van der Waals surface area contributed by atoms with Crippen molar-refractivity contribution < 1.29 is 18.4 Å². The van der Waals surface area contributed by atoms with Crippen molar-refractivity contribution in [2.75, 3.05) is 0 Å². The number of fused-ring (bicyclic) bond motifs is 12. The van der Waals surface area contributed by atoms with Crippen LogP contribution in [0.5, 0.6) is 0 Å². The highest BCUT2D eigenvalue weighted by Crippen LogP contribution is 2.56. The summed E-state index contributed by atoms with van der Waals surface area (Å²) in [5.41, 5.74) is 9.41. The zero-order valence-corrected chi connectivity index (χ0v) is 34.4. The van der Waals surface area contributed by atoms with Gasteiger partial charge in [0.05, 0.1) is 0 Å². The zero-order chi connectivity index (χ0) is 40.2. The molecule has 2 atom stereocenters. The average molecular weight is 763 g/mol. The van der Waals surface area contributed by atoms with Gasteiger partial charge in [-0.1, -0.05) is 116 Å². The van der Waals surface area contributed by atoms with Gasteiger partial charge in [0.1, 0.15) is 11.0 Å². The molecule has 9 aromatic rings. The van der Waals surface area contributed by atoms with Crippen molar-refractivity contribution in [1.82, 2.24) is 9.97 Å². The Kier molecular flexibility index (Phi) is 7.21. The van der Waals surface area contributed by atoms with E-state index >= 15 is 0 Å². The lowest BCUT2D eigenvalue weighted by Gasteiger charge is -2.25. The molecule has 0 saturated carbocycles. The Morgan fingerprint density at radius 2 is 0.862 bits per heavy atom. The maximum absolute atomic E-state index is 14.5. The van der Waals surface area contributed by atoms with Gasteiger partial charge in [-0.25, -0.2) is 9.97 Å². The molecule has 0 amide bonds. The van der Waals surface area contributed by atoms with Crippen molar-refractivity contribution in [2.24, 2.45) is 22.7 Å². The lowest BCUT2D eigenvalue weighted by atomic mass is 9.76. The van der Waals surface area contributed by atoms with Crippen LogP contribution < -0.4 is 0 Å². The monoisotopic (exact) mass is 762 g/mol. The highest BCUT2D eigenvalue weighted by atomic mass is 16.4. The maximum atomic E-state index is 14.5. The van der Waals surface area contributed by atoms with Crippen LogP contribution in [0.25, 0.3) is 87.5 Å². The van der Waals surface area contributed by atoms with E-state index in [9.17, 15) is 9.59 Å². The molecule has 2 unspecified atom stereocenters. The molecular weight excluding hydrogens is 717 g/mol. The summed E-state index contributed by atoms with van der Waals surface area (Å²) in [6, 6.07) is 23.9. The van der Waals surface area contributed by atoms with Crippen LogP contribution in [0.3, 0.4) is 0 Å². The first-order valence-electron chi connectivity index (χ1n) is 20.8. The molecule has 2 aromatic heterocycles. The van der Waals surface area contributed by atoms with Crippen LogP contribution in [0.15, 0.2) is 81.6 Å². The second-order valence-electron chi connectivity index (χ2n) is 19.8. The van der Waals surface area contributed by atoms with Gasteiger partial charge in [0, 0.05) is 78.5 Å². The van der Waals surface area contributed by atoms with Gasteiger partial charge in [0.2, 0.25) is 0 Å². The number of oxazole rings is 2. The van der Waals surface area contributed by atoms with E-state index in [1.165, 1.54) is 0 Å². The fourth-order valence-electron chi connectivity index (χ4n) is 11.0. The number of benzene rings is 7. The van der Waals surface area contributed by atoms with Crippen molar-refractivity contribution in [3.05, 3.63) is 107 Å². The first-order chi connectivity index (χ1) is 27.7. The number of carbonyl (C=O) groups is 2. The summed E-state index contributed by atoms with van der Waals surface area (Å²) in [5.74, 6) is 2.01. The van der Waals surface area contributed by atoms with Crippen LogP contribution in [0.1, 0.15) is 112 Å². The Balaban J connectivity index is 1.35. The number of carbonyl (C=O) groups excluding carboxylic acids is 2. The normalized spacial score (nSPS) is 15.1. The van der Waals surface area contributed by atoms with Gasteiger partial charge in [-0.05, 0) is 69.5 Å². The van der Waals surface area contributed by atoms with E-state index in [0.29, 0.717) is 69.9 Å². The van der Waals surface area contributed by atoms with Crippen molar-refractivity contribution in [3.63, 3.8) is 0 Å². The predicted molar refractivity (Wildman–Crippen MR) is 234 cm³/mol. The Bertz CT molecular complexity index is 3050. The van der Waals surface area contributed by atoms with Gasteiger partial charge in [-0.15, -0.1) is 0 Å². The third kappa shape index (κ3) is 4.96. The van der Waals surface area contributed by atoms with E-state index in [0.717, 1.165) is 89.2 Å². The largest absolute Gasteiger partial charge is 0.440 e. The van der Waals surface area contributed by atoms with Gasteiger partial charge in [-0.2, -0.15) is 0 Å². The summed E-state index contributed by atoms with van der Waals surface area (Å²) in [6.45, 7) is 18.2. The zero-order valence-electron chi connectivity index (χ0n) is 34.4. The number of rotatable bonds is 6. The summed E-state index contributed by atoms with van der Waals surface area (Å²) < 4.78 is 14.2. The Morgan fingerprint density at radius 3 is 1.24 bits per heavy atom. The third-order valence-electron chi connectivity index (χ3n) is 12.6. The molecule has 0 fully saturated rings. The van der Waals surface area contributed by atoms with Crippen LogP contribution >= 0.6 is 0 Å². The lowest BCUT2D eigenvalue weighted by Crippen LogP contribution is -2.13. The number of ketones is 2. The van der Waals surface area contributed by atoms with Gasteiger partial charge in [0.15, 0.2) is 34.5 Å². The summed E-state index contributed by atoms with van der Waals surface area (Å²) in [5, 5.41) is 7.39. The molecule has 288 valence electrons. The minimum absolute atomic E-state index is 0.000601. The molecule has 2 aliphatic rings. The molecule has 0 N–H and O–H groups in total. The van der Waals surface area contributed by atoms with Crippen molar-refractivity contribution in [1.29, 1.82) is 0 Å². The average Bonchev–Trinajstić information content (AvgIpc) is 3.77. The van der Waals surface area contributed by atoms with Gasteiger partial charge in [0.25, 0.3) is 0 Å². The Labute approximate surface area is 337 Å². The summed E-state index contributed by atoms with van der Waals surface area (Å²) in [4.78, 5) is 39.7. The quantitative estimate of drug-likeness (QED) is 0.124. The van der Waals surface area contributed by atoms with Crippen LogP contribution in [0.2, 0.25) is 0 Å². The standard InChI is InChI=1S/C52H46N2O4/c1-25(23-51(3,4)5)21-35-53-45-41-27-13-9-11-15-31(27)47(55)33-19-17-29-30-18-20-34-40-38(30)44(43(49(45)57-35)37(29)39(33)41)50-46(42(40)28-14-10-12-16-32(28)48(34)56)54-36(58-50)22-26(2)24-52(6,7)8/h9-20,25-26H,21-24H2,1-8H3. The minimum Gasteiger partial charge on any atom is -0.440 e. The molecule has 6 nitrogen and oxygen atoms in total. The molecule has 2 aliphatic carbocycles. The summed E-state index contributed by atoms with van der Waals surface area (Å²) in [6.07, 6.45) is 3.38. The molecule has 58 heavy (non-hydrogen) atoms. The fourth-order valence-corrected chi connectivity index (χ4v) is 11.0. The fraction of sp³-hybridized carbons (Fsp3) is 0.308. The van der Waals surface area contributed by atoms with Crippen LogP contribution in [0, 0.1) is 22.7 Å². The summed E-state index contributed by atoms with van der Waals surface area (Å²) >= 11 is 0. The van der Waals surface area contributed by atoms with E-state index in [1.54, 1.807) is 0 Å². The van der Waals surface area contributed by atoms with Gasteiger partial charge in [-0.3, -0.25) is 9.59 Å². The molecular formula is C52H46N2O4.